The summed E-state index contributed by atoms with van der Waals surface area (Å²) in [5.74, 6) is 0. The summed E-state index contributed by atoms with van der Waals surface area (Å²) in [5.41, 5.74) is 14.7. The lowest BCUT2D eigenvalue weighted by Gasteiger charge is -2.31. The van der Waals surface area contributed by atoms with Gasteiger partial charge >= 0.3 is 0 Å². The monoisotopic (exact) mass is 830 g/mol. The van der Waals surface area contributed by atoms with E-state index in [1.165, 1.54) is 21.9 Å². The zero-order chi connectivity index (χ0) is 43.1. The van der Waals surface area contributed by atoms with Crippen molar-refractivity contribution < 1.29 is 4.42 Å². The molecule has 3 heteroatoms. The molecule has 65 heavy (non-hydrogen) atoms. The fourth-order valence-corrected chi connectivity index (χ4v) is 9.61. The molecule has 0 aliphatic rings. The number of para-hydroxylation sites is 3. The van der Waals surface area contributed by atoms with Crippen LogP contribution in [0.2, 0.25) is 0 Å². The fraction of sp³-hybridized carbons (Fsp3) is 0. The number of anilines is 6. The standard InChI is InChI=1S/C62H42N2O/c1-4-19-43(20-5-1)44-35-37-50(38-36-44)64(56-33-16-14-30-52(56)46-21-6-2-7-22-46)59-40-39-58(61-55-41-47-24-10-11-25-48(47)42-60(55)65-62(59)61)63(49-27-8-3-9-28-49)57-34-17-15-31-54(57)53-32-18-26-45-23-12-13-29-51(45)53/h1-42H. The van der Waals surface area contributed by atoms with Crippen molar-refractivity contribution in [3.8, 4) is 33.4 Å². The average molecular weight is 831 g/mol. The fourth-order valence-electron chi connectivity index (χ4n) is 9.61. The summed E-state index contributed by atoms with van der Waals surface area (Å²) in [6.45, 7) is 0. The summed E-state index contributed by atoms with van der Waals surface area (Å²) < 4.78 is 7.32. The lowest BCUT2D eigenvalue weighted by Crippen LogP contribution is -2.14. The predicted octanol–water partition coefficient (Wildman–Crippen LogP) is 17.8. The summed E-state index contributed by atoms with van der Waals surface area (Å²) in [6, 6.07) is 91.2. The van der Waals surface area contributed by atoms with Gasteiger partial charge in [-0.05, 0) is 104 Å². The van der Waals surface area contributed by atoms with Crippen LogP contribution in [0, 0.1) is 0 Å². The highest BCUT2D eigenvalue weighted by Gasteiger charge is 2.28. The normalized spacial score (nSPS) is 11.4. The summed E-state index contributed by atoms with van der Waals surface area (Å²) in [6.07, 6.45) is 0. The summed E-state index contributed by atoms with van der Waals surface area (Å²) in [7, 11) is 0. The van der Waals surface area contributed by atoms with Crippen molar-refractivity contribution in [3.63, 3.8) is 0 Å². The van der Waals surface area contributed by atoms with Crippen molar-refractivity contribution in [1.29, 1.82) is 0 Å². The van der Waals surface area contributed by atoms with Crippen LogP contribution < -0.4 is 9.80 Å². The van der Waals surface area contributed by atoms with Crippen molar-refractivity contribution in [3.05, 3.63) is 255 Å². The molecule has 11 aromatic carbocycles. The highest BCUT2D eigenvalue weighted by atomic mass is 16.3. The first-order chi connectivity index (χ1) is 32.3. The molecule has 0 saturated carbocycles. The lowest BCUT2D eigenvalue weighted by atomic mass is 9.95. The van der Waals surface area contributed by atoms with Gasteiger partial charge in [-0.2, -0.15) is 0 Å². The third-order valence-electron chi connectivity index (χ3n) is 12.6. The van der Waals surface area contributed by atoms with Crippen LogP contribution in [0.15, 0.2) is 259 Å². The maximum atomic E-state index is 7.32. The minimum atomic E-state index is 0.798. The van der Waals surface area contributed by atoms with Gasteiger partial charge in [-0.1, -0.05) is 194 Å². The molecule has 0 bridgehead atoms. The Morgan fingerprint density at radius 3 is 1.51 bits per heavy atom. The van der Waals surface area contributed by atoms with E-state index in [-0.39, 0.29) is 0 Å². The molecule has 1 aromatic heterocycles. The van der Waals surface area contributed by atoms with E-state index in [1.807, 2.05) is 0 Å². The van der Waals surface area contributed by atoms with Crippen LogP contribution in [0.1, 0.15) is 0 Å². The predicted molar refractivity (Wildman–Crippen MR) is 274 cm³/mol. The Morgan fingerprint density at radius 2 is 0.769 bits per heavy atom. The number of benzene rings is 11. The maximum Gasteiger partial charge on any atom is 0.161 e. The number of nitrogens with zero attached hydrogens (tertiary/aromatic N) is 2. The molecular formula is C62H42N2O. The maximum absolute atomic E-state index is 7.32. The van der Waals surface area contributed by atoms with Crippen molar-refractivity contribution in [2.24, 2.45) is 0 Å². The molecule has 1 heterocycles. The van der Waals surface area contributed by atoms with Crippen molar-refractivity contribution in [2.45, 2.75) is 0 Å². The van der Waals surface area contributed by atoms with E-state index in [0.717, 1.165) is 89.1 Å². The second kappa shape index (κ2) is 16.2. The summed E-state index contributed by atoms with van der Waals surface area (Å²) in [4.78, 5) is 4.80. The average Bonchev–Trinajstić information content (AvgIpc) is 3.76. The minimum Gasteiger partial charge on any atom is -0.454 e. The number of furan rings is 1. The van der Waals surface area contributed by atoms with Crippen molar-refractivity contribution >= 4 is 77.6 Å². The molecule has 0 spiro atoms. The van der Waals surface area contributed by atoms with Gasteiger partial charge in [0.2, 0.25) is 0 Å². The SMILES string of the molecule is c1ccc(-c2ccc(N(c3ccccc3-c3ccccc3)c3ccc(N(c4ccccc4)c4ccccc4-c4cccc5ccccc45)c4c3oc3cc5ccccc5cc34)cc2)cc1. The van der Waals surface area contributed by atoms with Gasteiger partial charge in [0.15, 0.2) is 5.58 Å². The molecule has 0 amide bonds. The van der Waals surface area contributed by atoms with Crippen molar-refractivity contribution in [2.75, 3.05) is 9.80 Å². The first-order valence-electron chi connectivity index (χ1n) is 22.2. The third kappa shape index (κ3) is 6.78. The van der Waals surface area contributed by atoms with Crippen LogP contribution in [-0.2, 0) is 0 Å². The lowest BCUT2D eigenvalue weighted by molar-refractivity contribution is 0.669. The highest BCUT2D eigenvalue weighted by molar-refractivity contribution is 6.20. The van der Waals surface area contributed by atoms with Gasteiger partial charge in [0, 0.05) is 27.9 Å². The number of hydrogen-bond donors (Lipinski definition) is 0. The van der Waals surface area contributed by atoms with Gasteiger partial charge in [-0.25, -0.2) is 0 Å². The van der Waals surface area contributed by atoms with Crippen LogP contribution >= 0.6 is 0 Å². The van der Waals surface area contributed by atoms with E-state index in [2.05, 4.69) is 265 Å². The van der Waals surface area contributed by atoms with E-state index in [1.54, 1.807) is 0 Å². The van der Waals surface area contributed by atoms with Crippen LogP contribution in [-0.4, -0.2) is 0 Å². The van der Waals surface area contributed by atoms with E-state index >= 15 is 0 Å². The van der Waals surface area contributed by atoms with Gasteiger partial charge in [-0.15, -0.1) is 0 Å². The highest BCUT2D eigenvalue weighted by Crippen LogP contribution is 2.52. The van der Waals surface area contributed by atoms with E-state index in [0.29, 0.717) is 0 Å². The van der Waals surface area contributed by atoms with E-state index < -0.39 is 0 Å². The molecule has 3 nitrogen and oxygen atoms in total. The van der Waals surface area contributed by atoms with Gasteiger partial charge in [0.1, 0.15) is 5.58 Å². The van der Waals surface area contributed by atoms with Crippen molar-refractivity contribution in [1.82, 2.24) is 0 Å². The Bertz CT molecular complexity index is 3650. The van der Waals surface area contributed by atoms with E-state index in [4.69, 9.17) is 4.42 Å². The van der Waals surface area contributed by atoms with Gasteiger partial charge in [0.25, 0.3) is 0 Å². The Morgan fingerprint density at radius 1 is 0.277 bits per heavy atom. The van der Waals surface area contributed by atoms with Crippen LogP contribution in [0.25, 0.3) is 76.9 Å². The molecule has 0 saturated heterocycles. The zero-order valence-corrected chi connectivity index (χ0v) is 35.6. The van der Waals surface area contributed by atoms with Gasteiger partial charge in [-0.3, -0.25) is 0 Å². The molecule has 0 radical (unpaired) electrons. The molecule has 0 fully saturated rings. The Labute approximate surface area is 378 Å². The largest absolute Gasteiger partial charge is 0.454 e. The minimum absolute atomic E-state index is 0.798. The molecule has 12 rings (SSSR count). The van der Waals surface area contributed by atoms with E-state index in [9.17, 15) is 0 Å². The molecule has 0 aliphatic carbocycles. The summed E-state index contributed by atoms with van der Waals surface area (Å²) in [5, 5.41) is 6.79. The number of hydrogen-bond acceptors (Lipinski definition) is 3. The Balaban J connectivity index is 1.16. The second-order valence-corrected chi connectivity index (χ2v) is 16.5. The number of fused-ring (bicyclic) bond motifs is 5. The topological polar surface area (TPSA) is 19.6 Å². The van der Waals surface area contributed by atoms with Gasteiger partial charge in [0.05, 0.1) is 28.1 Å². The Kier molecular flexibility index (Phi) is 9.50. The second-order valence-electron chi connectivity index (χ2n) is 16.5. The Hall–Kier alpha value is -8.66. The third-order valence-corrected chi connectivity index (χ3v) is 12.6. The number of rotatable bonds is 9. The first kappa shape index (κ1) is 38.0. The zero-order valence-electron chi connectivity index (χ0n) is 35.6. The van der Waals surface area contributed by atoms with Crippen LogP contribution in [0.3, 0.4) is 0 Å². The molecule has 306 valence electrons. The molecule has 0 atom stereocenters. The molecule has 0 unspecified atom stereocenters. The molecule has 0 N–H and O–H groups in total. The first-order valence-corrected chi connectivity index (χ1v) is 22.2. The molecule has 12 aromatic rings. The quantitative estimate of drug-likeness (QED) is 0.144. The van der Waals surface area contributed by atoms with Crippen LogP contribution in [0.5, 0.6) is 0 Å². The van der Waals surface area contributed by atoms with Gasteiger partial charge < -0.3 is 14.2 Å². The molecule has 0 aliphatic heterocycles. The smallest absolute Gasteiger partial charge is 0.161 e. The summed E-state index contributed by atoms with van der Waals surface area (Å²) >= 11 is 0. The molecular weight excluding hydrogens is 789 g/mol. The van der Waals surface area contributed by atoms with Crippen LogP contribution in [0.4, 0.5) is 34.1 Å².